The van der Waals surface area contributed by atoms with E-state index in [-0.39, 0.29) is 0 Å². The first kappa shape index (κ1) is 16.0. The number of nitrogens with zero attached hydrogens (tertiary/aromatic N) is 1. The molecule has 18 heavy (non-hydrogen) atoms. The Morgan fingerprint density at radius 3 is 2.17 bits per heavy atom. The zero-order valence-electron chi connectivity index (χ0n) is 13.6. The molecular weight excluding hydrogens is 220 g/mol. The van der Waals surface area contributed by atoms with Gasteiger partial charge in [-0.15, -0.1) is 0 Å². The van der Waals surface area contributed by atoms with Gasteiger partial charge in [0.15, 0.2) is 0 Å². The molecule has 2 nitrogen and oxygen atoms in total. The van der Waals surface area contributed by atoms with Gasteiger partial charge in [-0.2, -0.15) is 0 Å². The number of hydrogen-bond acceptors (Lipinski definition) is 2. The number of nitrogens with one attached hydrogen (secondary N) is 1. The van der Waals surface area contributed by atoms with Gasteiger partial charge in [0.05, 0.1) is 0 Å². The molecule has 2 unspecified atom stereocenters. The Bertz CT molecular complexity index is 224. The first-order valence-corrected chi connectivity index (χ1v) is 7.66. The van der Waals surface area contributed by atoms with E-state index in [0.29, 0.717) is 17.5 Å². The normalized spacial score (nSPS) is 27.2. The fourth-order valence-corrected chi connectivity index (χ4v) is 2.68. The summed E-state index contributed by atoms with van der Waals surface area (Å²) in [4.78, 5) is 2.65. The highest BCUT2D eigenvalue weighted by atomic mass is 15.2. The SMILES string of the molecule is CC(C)C1CC(NCC(C)(C)C)CN(C(C)C)C1. The molecule has 1 saturated heterocycles. The van der Waals surface area contributed by atoms with Crippen LogP contribution in [0.3, 0.4) is 0 Å². The van der Waals surface area contributed by atoms with Crippen molar-refractivity contribution in [2.75, 3.05) is 19.6 Å². The first-order chi connectivity index (χ1) is 8.19. The number of hydrogen-bond donors (Lipinski definition) is 1. The molecule has 0 spiro atoms. The molecule has 1 aliphatic heterocycles. The van der Waals surface area contributed by atoms with Crippen LogP contribution >= 0.6 is 0 Å². The topological polar surface area (TPSA) is 15.3 Å². The summed E-state index contributed by atoms with van der Waals surface area (Å²) in [7, 11) is 0. The molecule has 1 heterocycles. The minimum absolute atomic E-state index is 0.382. The zero-order valence-corrected chi connectivity index (χ0v) is 13.6. The Hall–Kier alpha value is -0.0800. The molecule has 1 aliphatic rings. The van der Waals surface area contributed by atoms with Crippen molar-refractivity contribution >= 4 is 0 Å². The molecule has 0 aromatic heterocycles. The van der Waals surface area contributed by atoms with Crippen LogP contribution in [0, 0.1) is 17.3 Å². The van der Waals surface area contributed by atoms with E-state index < -0.39 is 0 Å². The Balaban J connectivity index is 2.56. The molecule has 1 fully saturated rings. The van der Waals surface area contributed by atoms with Gasteiger partial charge in [0, 0.05) is 31.7 Å². The Morgan fingerprint density at radius 2 is 1.72 bits per heavy atom. The number of likely N-dealkylation sites (tertiary alicyclic amines) is 1. The maximum atomic E-state index is 3.79. The van der Waals surface area contributed by atoms with Gasteiger partial charge in [-0.3, -0.25) is 4.90 Å². The molecule has 0 aromatic carbocycles. The van der Waals surface area contributed by atoms with E-state index in [9.17, 15) is 0 Å². The molecule has 1 rings (SSSR count). The largest absolute Gasteiger partial charge is 0.312 e. The van der Waals surface area contributed by atoms with Crippen LogP contribution in [-0.2, 0) is 0 Å². The van der Waals surface area contributed by atoms with Gasteiger partial charge in [-0.25, -0.2) is 0 Å². The zero-order chi connectivity index (χ0) is 13.9. The Kier molecular flexibility index (Phi) is 5.67. The molecule has 2 atom stereocenters. The lowest BCUT2D eigenvalue weighted by Gasteiger charge is -2.42. The van der Waals surface area contributed by atoms with Gasteiger partial charge >= 0.3 is 0 Å². The van der Waals surface area contributed by atoms with Crippen molar-refractivity contribution in [1.29, 1.82) is 0 Å². The summed E-state index contributed by atoms with van der Waals surface area (Å²) < 4.78 is 0. The minimum atomic E-state index is 0.382. The Morgan fingerprint density at radius 1 is 1.11 bits per heavy atom. The van der Waals surface area contributed by atoms with Crippen molar-refractivity contribution in [2.24, 2.45) is 17.3 Å². The van der Waals surface area contributed by atoms with E-state index in [1.54, 1.807) is 0 Å². The predicted octanol–water partition coefficient (Wildman–Crippen LogP) is 3.38. The maximum Gasteiger partial charge on any atom is 0.0198 e. The summed E-state index contributed by atoms with van der Waals surface area (Å²) in [5, 5.41) is 3.79. The summed E-state index contributed by atoms with van der Waals surface area (Å²) in [5.74, 6) is 1.64. The van der Waals surface area contributed by atoms with Crippen LogP contribution < -0.4 is 5.32 Å². The fraction of sp³-hybridized carbons (Fsp3) is 1.00. The summed E-state index contributed by atoms with van der Waals surface area (Å²) >= 11 is 0. The molecule has 0 aliphatic carbocycles. The summed E-state index contributed by atoms with van der Waals surface area (Å²) in [5.41, 5.74) is 0.382. The monoisotopic (exact) mass is 254 g/mol. The van der Waals surface area contributed by atoms with Crippen LogP contribution in [0.4, 0.5) is 0 Å². The van der Waals surface area contributed by atoms with Gasteiger partial charge < -0.3 is 5.32 Å². The van der Waals surface area contributed by atoms with Gasteiger partial charge in [-0.05, 0) is 37.5 Å². The lowest BCUT2D eigenvalue weighted by molar-refractivity contribution is 0.0872. The van der Waals surface area contributed by atoms with Crippen molar-refractivity contribution < 1.29 is 0 Å². The average molecular weight is 254 g/mol. The van der Waals surface area contributed by atoms with Crippen molar-refractivity contribution in [3.63, 3.8) is 0 Å². The predicted molar refractivity (Wildman–Crippen MR) is 80.9 cm³/mol. The highest BCUT2D eigenvalue weighted by molar-refractivity contribution is 4.87. The van der Waals surface area contributed by atoms with Crippen LogP contribution in [0.5, 0.6) is 0 Å². The second-order valence-corrected chi connectivity index (χ2v) is 7.93. The van der Waals surface area contributed by atoms with E-state index in [4.69, 9.17) is 0 Å². The highest BCUT2D eigenvalue weighted by Gasteiger charge is 2.30. The number of rotatable bonds is 4. The quantitative estimate of drug-likeness (QED) is 0.827. The molecule has 108 valence electrons. The van der Waals surface area contributed by atoms with Crippen molar-refractivity contribution in [3.8, 4) is 0 Å². The molecule has 0 bridgehead atoms. The molecule has 0 saturated carbocycles. The standard InChI is InChI=1S/C16H34N2/c1-12(2)14-8-15(17-11-16(5,6)7)10-18(9-14)13(3)4/h12-15,17H,8-11H2,1-7H3. The van der Waals surface area contributed by atoms with Crippen LogP contribution in [0.25, 0.3) is 0 Å². The lowest BCUT2D eigenvalue weighted by atomic mass is 9.84. The van der Waals surface area contributed by atoms with Gasteiger partial charge in [0.25, 0.3) is 0 Å². The maximum absolute atomic E-state index is 3.79. The second kappa shape index (κ2) is 6.38. The molecule has 2 heteroatoms. The van der Waals surface area contributed by atoms with Crippen molar-refractivity contribution in [3.05, 3.63) is 0 Å². The lowest BCUT2D eigenvalue weighted by Crippen LogP contribution is -2.53. The molecule has 0 radical (unpaired) electrons. The van der Waals surface area contributed by atoms with Crippen LogP contribution in [0.15, 0.2) is 0 Å². The van der Waals surface area contributed by atoms with E-state index in [2.05, 4.69) is 58.7 Å². The smallest absolute Gasteiger partial charge is 0.0198 e. The summed E-state index contributed by atoms with van der Waals surface area (Å²) in [6.45, 7) is 19.9. The van der Waals surface area contributed by atoms with Crippen molar-refractivity contribution in [2.45, 2.75) is 67.0 Å². The molecule has 1 N–H and O–H groups in total. The third kappa shape index (κ3) is 5.27. The molecule has 0 aromatic rings. The number of piperidine rings is 1. The first-order valence-electron chi connectivity index (χ1n) is 7.66. The van der Waals surface area contributed by atoms with Crippen molar-refractivity contribution in [1.82, 2.24) is 10.2 Å². The highest BCUT2D eigenvalue weighted by Crippen LogP contribution is 2.25. The fourth-order valence-electron chi connectivity index (χ4n) is 2.68. The average Bonchev–Trinajstić information content (AvgIpc) is 2.25. The molecular formula is C16H34N2. The van der Waals surface area contributed by atoms with E-state index in [1.165, 1.54) is 19.5 Å². The third-order valence-electron chi connectivity index (χ3n) is 4.11. The second-order valence-electron chi connectivity index (χ2n) is 7.93. The van der Waals surface area contributed by atoms with Crippen LogP contribution in [0.1, 0.15) is 54.9 Å². The summed E-state index contributed by atoms with van der Waals surface area (Å²) in [6, 6.07) is 1.35. The van der Waals surface area contributed by atoms with Crippen LogP contribution in [-0.4, -0.2) is 36.6 Å². The minimum Gasteiger partial charge on any atom is -0.312 e. The Labute approximate surface area is 115 Å². The van der Waals surface area contributed by atoms with Gasteiger partial charge in [-0.1, -0.05) is 34.6 Å². The van der Waals surface area contributed by atoms with E-state index >= 15 is 0 Å². The van der Waals surface area contributed by atoms with Gasteiger partial charge in [0.2, 0.25) is 0 Å². The van der Waals surface area contributed by atoms with E-state index in [1.807, 2.05) is 0 Å². The van der Waals surface area contributed by atoms with Gasteiger partial charge in [0.1, 0.15) is 0 Å². The van der Waals surface area contributed by atoms with E-state index in [0.717, 1.165) is 18.4 Å². The third-order valence-corrected chi connectivity index (χ3v) is 4.11. The molecule has 0 amide bonds. The van der Waals surface area contributed by atoms with Crippen LogP contribution in [0.2, 0.25) is 0 Å². The summed E-state index contributed by atoms with van der Waals surface area (Å²) in [6.07, 6.45) is 1.34.